The Kier molecular flexibility index (Phi) is 3.65. The van der Waals surface area contributed by atoms with E-state index in [1.165, 1.54) is 6.07 Å². The predicted octanol–water partition coefficient (Wildman–Crippen LogP) is 0.380. The molecule has 0 aliphatic heterocycles. The topological polar surface area (TPSA) is 112 Å². The zero-order valence-electron chi connectivity index (χ0n) is 10.6. The van der Waals surface area contributed by atoms with Crippen molar-refractivity contribution in [2.24, 2.45) is 5.73 Å². The Morgan fingerprint density at radius 2 is 2.26 bits per heavy atom. The summed E-state index contributed by atoms with van der Waals surface area (Å²) in [4.78, 5) is 15.1. The summed E-state index contributed by atoms with van der Waals surface area (Å²) in [6.45, 7) is 3.25. The molecular weight excluding hydrogens is 244 g/mol. The second-order valence-corrected chi connectivity index (χ2v) is 4.21. The van der Waals surface area contributed by atoms with E-state index in [-0.39, 0.29) is 5.69 Å². The average Bonchev–Trinajstić information content (AvgIpc) is 2.77. The van der Waals surface area contributed by atoms with Gasteiger partial charge in [0.15, 0.2) is 0 Å². The van der Waals surface area contributed by atoms with Gasteiger partial charge in [-0.2, -0.15) is 5.10 Å². The third-order valence-corrected chi connectivity index (χ3v) is 2.57. The van der Waals surface area contributed by atoms with Gasteiger partial charge in [-0.1, -0.05) is 0 Å². The van der Waals surface area contributed by atoms with Gasteiger partial charge < -0.3 is 16.8 Å². The zero-order valence-corrected chi connectivity index (χ0v) is 10.6. The van der Waals surface area contributed by atoms with Crippen LogP contribution in [-0.4, -0.2) is 27.2 Å². The SMILES string of the molecule is Cc1cnn(CCNc2nc(C(N)=O)ccc2N)c1. The van der Waals surface area contributed by atoms with Crippen molar-refractivity contribution in [2.45, 2.75) is 13.5 Å². The van der Waals surface area contributed by atoms with E-state index in [0.717, 1.165) is 5.56 Å². The maximum atomic E-state index is 11.0. The number of pyridine rings is 1. The highest BCUT2D eigenvalue weighted by Gasteiger charge is 2.06. The van der Waals surface area contributed by atoms with Crippen LogP contribution in [0, 0.1) is 6.92 Å². The second kappa shape index (κ2) is 5.38. The lowest BCUT2D eigenvalue weighted by Gasteiger charge is -2.09. The van der Waals surface area contributed by atoms with Gasteiger partial charge in [-0.05, 0) is 24.6 Å². The molecule has 2 rings (SSSR count). The van der Waals surface area contributed by atoms with Crippen LogP contribution < -0.4 is 16.8 Å². The normalized spacial score (nSPS) is 10.4. The van der Waals surface area contributed by atoms with Gasteiger partial charge in [0.2, 0.25) is 0 Å². The number of primary amides is 1. The fourth-order valence-electron chi connectivity index (χ4n) is 1.63. The third kappa shape index (κ3) is 3.21. The predicted molar refractivity (Wildman–Crippen MR) is 72.6 cm³/mol. The highest BCUT2D eigenvalue weighted by molar-refractivity contribution is 5.91. The van der Waals surface area contributed by atoms with Gasteiger partial charge in [0.05, 0.1) is 18.4 Å². The van der Waals surface area contributed by atoms with Crippen molar-refractivity contribution < 1.29 is 4.79 Å². The number of nitrogen functional groups attached to an aromatic ring is 1. The summed E-state index contributed by atoms with van der Waals surface area (Å²) in [6.07, 6.45) is 3.73. The number of nitrogens with two attached hydrogens (primary N) is 2. The maximum absolute atomic E-state index is 11.0. The molecule has 5 N–H and O–H groups in total. The quantitative estimate of drug-likeness (QED) is 0.719. The lowest BCUT2D eigenvalue weighted by Crippen LogP contribution is -2.17. The van der Waals surface area contributed by atoms with Crippen molar-refractivity contribution >= 4 is 17.4 Å². The van der Waals surface area contributed by atoms with Crippen molar-refractivity contribution in [3.05, 3.63) is 35.8 Å². The van der Waals surface area contributed by atoms with Gasteiger partial charge in [0.25, 0.3) is 5.91 Å². The van der Waals surface area contributed by atoms with Crippen LogP contribution in [0.4, 0.5) is 11.5 Å². The molecule has 2 aromatic heterocycles. The van der Waals surface area contributed by atoms with Crippen molar-refractivity contribution in [1.29, 1.82) is 0 Å². The molecule has 1 amide bonds. The van der Waals surface area contributed by atoms with Gasteiger partial charge in [0, 0.05) is 12.7 Å². The summed E-state index contributed by atoms with van der Waals surface area (Å²) in [5.41, 5.74) is 12.7. The van der Waals surface area contributed by atoms with Crippen LogP contribution in [0.2, 0.25) is 0 Å². The minimum absolute atomic E-state index is 0.187. The average molecular weight is 260 g/mol. The molecule has 0 radical (unpaired) electrons. The number of hydrogen-bond acceptors (Lipinski definition) is 5. The highest BCUT2D eigenvalue weighted by Crippen LogP contribution is 2.15. The largest absolute Gasteiger partial charge is 0.396 e. The van der Waals surface area contributed by atoms with E-state index in [4.69, 9.17) is 11.5 Å². The van der Waals surface area contributed by atoms with Crippen molar-refractivity contribution in [3.63, 3.8) is 0 Å². The number of anilines is 2. The highest BCUT2D eigenvalue weighted by atomic mass is 16.1. The van der Waals surface area contributed by atoms with Gasteiger partial charge in [-0.25, -0.2) is 4.98 Å². The lowest BCUT2D eigenvalue weighted by atomic mass is 10.3. The van der Waals surface area contributed by atoms with Gasteiger partial charge in [-0.15, -0.1) is 0 Å². The standard InChI is InChI=1S/C12H16N6O/c1-8-6-16-18(7-8)5-4-15-12-9(13)2-3-10(17-12)11(14)19/h2-3,6-7H,4-5,13H2,1H3,(H2,14,19)(H,15,17). The van der Waals surface area contributed by atoms with Crippen LogP contribution in [-0.2, 0) is 6.54 Å². The van der Waals surface area contributed by atoms with Crippen LogP contribution >= 0.6 is 0 Å². The molecule has 7 nitrogen and oxygen atoms in total. The van der Waals surface area contributed by atoms with E-state index >= 15 is 0 Å². The van der Waals surface area contributed by atoms with E-state index in [1.54, 1.807) is 12.3 Å². The minimum atomic E-state index is -0.578. The Balaban J connectivity index is 1.99. The molecule has 0 aliphatic rings. The Morgan fingerprint density at radius 3 is 2.89 bits per heavy atom. The van der Waals surface area contributed by atoms with Crippen LogP contribution in [0.5, 0.6) is 0 Å². The summed E-state index contributed by atoms with van der Waals surface area (Å²) in [6, 6.07) is 3.10. The number of aryl methyl sites for hydroxylation is 1. The lowest BCUT2D eigenvalue weighted by molar-refractivity contribution is 0.0996. The van der Waals surface area contributed by atoms with E-state index in [1.807, 2.05) is 17.8 Å². The Morgan fingerprint density at radius 1 is 1.47 bits per heavy atom. The molecule has 0 atom stereocenters. The first-order chi connectivity index (χ1) is 9.06. The first kappa shape index (κ1) is 12.9. The Hall–Kier alpha value is -2.57. The molecule has 100 valence electrons. The fraction of sp³-hybridized carbons (Fsp3) is 0.250. The molecular formula is C12H16N6O. The molecule has 7 heteroatoms. The maximum Gasteiger partial charge on any atom is 0.267 e. The van der Waals surface area contributed by atoms with Crippen LogP contribution in [0.25, 0.3) is 0 Å². The first-order valence-electron chi connectivity index (χ1n) is 5.85. The van der Waals surface area contributed by atoms with E-state index in [0.29, 0.717) is 24.6 Å². The monoisotopic (exact) mass is 260 g/mol. The molecule has 0 fully saturated rings. The number of carbonyl (C=O) groups excluding carboxylic acids is 1. The molecule has 0 saturated carbocycles. The van der Waals surface area contributed by atoms with Crippen molar-refractivity contribution in [2.75, 3.05) is 17.6 Å². The number of hydrogen-bond donors (Lipinski definition) is 3. The zero-order chi connectivity index (χ0) is 13.8. The molecule has 0 aromatic carbocycles. The van der Waals surface area contributed by atoms with Crippen LogP contribution in [0.3, 0.4) is 0 Å². The number of nitrogens with zero attached hydrogens (tertiary/aromatic N) is 3. The second-order valence-electron chi connectivity index (χ2n) is 4.21. The summed E-state index contributed by atoms with van der Waals surface area (Å²) in [5, 5.41) is 7.23. The molecule has 0 unspecified atom stereocenters. The summed E-state index contributed by atoms with van der Waals surface area (Å²) in [7, 11) is 0. The van der Waals surface area contributed by atoms with Gasteiger partial charge in [0.1, 0.15) is 11.5 Å². The molecule has 0 aliphatic carbocycles. The number of amides is 1. The molecule has 0 spiro atoms. The van der Waals surface area contributed by atoms with Crippen LogP contribution in [0.1, 0.15) is 16.1 Å². The number of rotatable bonds is 5. The number of carbonyl (C=O) groups is 1. The fourth-order valence-corrected chi connectivity index (χ4v) is 1.63. The molecule has 19 heavy (non-hydrogen) atoms. The molecule has 2 aromatic rings. The Labute approximate surface area is 110 Å². The number of aromatic nitrogens is 3. The summed E-state index contributed by atoms with van der Waals surface area (Å²) < 4.78 is 1.82. The number of nitrogens with one attached hydrogen (secondary N) is 1. The van der Waals surface area contributed by atoms with Crippen molar-refractivity contribution in [1.82, 2.24) is 14.8 Å². The van der Waals surface area contributed by atoms with Gasteiger partial charge >= 0.3 is 0 Å². The molecule has 0 saturated heterocycles. The van der Waals surface area contributed by atoms with Crippen LogP contribution in [0.15, 0.2) is 24.5 Å². The minimum Gasteiger partial charge on any atom is -0.396 e. The molecule has 2 heterocycles. The van der Waals surface area contributed by atoms with Crippen molar-refractivity contribution in [3.8, 4) is 0 Å². The first-order valence-corrected chi connectivity index (χ1v) is 5.85. The van der Waals surface area contributed by atoms with E-state index in [2.05, 4.69) is 15.4 Å². The molecule has 0 bridgehead atoms. The summed E-state index contributed by atoms with van der Waals surface area (Å²) >= 11 is 0. The van der Waals surface area contributed by atoms with E-state index in [9.17, 15) is 4.79 Å². The summed E-state index contributed by atoms with van der Waals surface area (Å²) in [5.74, 6) is -0.120. The smallest absolute Gasteiger partial charge is 0.267 e. The third-order valence-electron chi connectivity index (χ3n) is 2.57. The Bertz CT molecular complexity index is 592. The van der Waals surface area contributed by atoms with Gasteiger partial charge in [-0.3, -0.25) is 9.48 Å². The van der Waals surface area contributed by atoms with E-state index < -0.39 is 5.91 Å².